The van der Waals surface area contributed by atoms with Crippen LogP contribution in [0.15, 0.2) is 46.9 Å². The van der Waals surface area contributed by atoms with Gasteiger partial charge in [0, 0.05) is 40.0 Å². The molecule has 0 radical (unpaired) electrons. The maximum absolute atomic E-state index is 6.19. The molecule has 0 aromatic heterocycles. The van der Waals surface area contributed by atoms with Crippen molar-refractivity contribution in [1.82, 2.24) is 5.32 Å². The van der Waals surface area contributed by atoms with E-state index in [0.29, 0.717) is 11.8 Å². The summed E-state index contributed by atoms with van der Waals surface area (Å²) in [5.41, 5.74) is 2.50. The molecule has 1 aliphatic rings. The Morgan fingerprint density at radius 1 is 1.10 bits per heavy atom. The van der Waals surface area contributed by atoms with Gasteiger partial charge in [0.15, 0.2) is 0 Å². The Morgan fingerprint density at radius 3 is 2.52 bits per heavy atom. The molecule has 2 nitrogen and oxygen atoms in total. The van der Waals surface area contributed by atoms with E-state index < -0.39 is 0 Å². The minimum Gasteiger partial charge on any atom is -0.496 e. The zero-order valence-electron chi connectivity index (χ0n) is 11.8. The van der Waals surface area contributed by atoms with Crippen molar-refractivity contribution in [2.24, 2.45) is 0 Å². The normalized spacial score (nSPS) is 21.5. The van der Waals surface area contributed by atoms with Crippen LogP contribution in [0.5, 0.6) is 5.75 Å². The van der Waals surface area contributed by atoms with Crippen molar-refractivity contribution in [1.29, 1.82) is 0 Å². The molecule has 1 N–H and O–H groups in total. The maximum Gasteiger partial charge on any atom is 0.122 e. The Hall–Kier alpha value is -1.03. The second-order valence-electron chi connectivity index (χ2n) is 5.28. The molecule has 1 aliphatic heterocycles. The zero-order chi connectivity index (χ0) is 14.8. The first-order valence-electron chi connectivity index (χ1n) is 6.99. The number of rotatable bonds is 3. The molecule has 0 bridgehead atoms. The van der Waals surface area contributed by atoms with E-state index >= 15 is 0 Å². The Labute approximate surface area is 138 Å². The summed E-state index contributed by atoms with van der Waals surface area (Å²) >= 11 is 9.86. The molecule has 2 aromatic rings. The van der Waals surface area contributed by atoms with Gasteiger partial charge in [-0.15, -0.1) is 0 Å². The largest absolute Gasteiger partial charge is 0.496 e. The molecule has 0 saturated carbocycles. The third kappa shape index (κ3) is 2.96. The number of methoxy groups -OCH3 is 1. The molecule has 3 rings (SSSR count). The van der Waals surface area contributed by atoms with Gasteiger partial charge < -0.3 is 10.1 Å². The third-order valence-corrected chi connectivity index (χ3v) is 5.07. The highest BCUT2D eigenvalue weighted by Crippen LogP contribution is 2.42. The lowest BCUT2D eigenvalue weighted by atomic mass is 9.83. The summed E-state index contributed by atoms with van der Waals surface area (Å²) in [5, 5.41) is 4.25. The Balaban J connectivity index is 2.02. The average Bonchev–Trinajstić information content (AvgIpc) is 2.96. The van der Waals surface area contributed by atoms with Crippen molar-refractivity contribution in [3.05, 3.63) is 63.1 Å². The molecular formula is C17H17BrClNO. The molecule has 4 heteroatoms. The van der Waals surface area contributed by atoms with Crippen molar-refractivity contribution in [2.45, 2.75) is 11.8 Å². The van der Waals surface area contributed by atoms with Gasteiger partial charge in [-0.05, 0) is 29.8 Å². The van der Waals surface area contributed by atoms with Gasteiger partial charge in [0.05, 0.1) is 7.11 Å². The number of nitrogens with one attached hydrogen (secondary N) is 1. The molecule has 2 aromatic carbocycles. The smallest absolute Gasteiger partial charge is 0.122 e. The highest BCUT2D eigenvalue weighted by Gasteiger charge is 2.32. The summed E-state index contributed by atoms with van der Waals surface area (Å²) in [5.74, 6) is 1.68. The minimum absolute atomic E-state index is 0.359. The second kappa shape index (κ2) is 6.39. The fourth-order valence-corrected chi connectivity index (χ4v) is 3.86. The molecule has 0 spiro atoms. The van der Waals surface area contributed by atoms with E-state index in [9.17, 15) is 0 Å². The highest BCUT2D eigenvalue weighted by atomic mass is 79.9. The summed E-state index contributed by atoms with van der Waals surface area (Å²) in [6.07, 6.45) is 0. The van der Waals surface area contributed by atoms with Crippen LogP contribution in [0.3, 0.4) is 0 Å². The number of ether oxygens (including phenoxy) is 1. The Morgan fingerprint density at radius 2 is 1.81 bits per heavy atom. The van der Waals surface area contributed by atoms with E-state index in [2.05, 4.69) is 39.4 Å². The van der Waals surface area contributed by atoms with Gasteiger partial charge >= 0.3 is 0 Å². The predicted octanol–water partition coefficient (Wildman–Crippen LogP) is 4.58. The lowest BCUT2D eigenvalue weighted by Gasteiger charge is -2.22. The number of halogens is 2. The zero-order valence-corrected chi connectivity index (χ0v) is 14.1. The van der Waals surface area contributed by atoms with E-state index in [-0.39, 0.29) is 0 Å². The number of hydrogen-bond donors (Lipinski definition) is 1. The van der Waals surface area contributed by atoms with Crippen LogP contribution < -0.4 is 10.1 Å². The lowest BCUT2D eigenvalue weighted by molar-refractivity contribution is 0.404. The molecule has 21 heavy (non-hydrogen) atoms. The molecule has 0 unspecified atom stereocenters. The summed E-state index contributed by atoms with van der Waals surface area (Å²) in [6, 6.07) is 14.3. The van der Waals surface area contributed by atoms with Crippen LogP contribution in [0, 0.1) is 0 Å². The van der Waals surface area contributed by atoms with E-state index in [1.54, 1.807) is 7.11 Å². The van der Waals surface area contributed by atoms with Crippen LogP contribution >= 0.6 is 27.5 Å². The van der Waals surface area contributed by atoms with E-state index in [1.807, 2.05) is 24.3 Å². The van der Waals surface area contributed by atoms with Crippen molar-refractivity contribution in [3.63, 3.8) is 0 Å². The summed E-state index contributed by atoms with van der Waals surface area (Å²) in [4.78, 5) is 0. The van der Waals surface area contributed by atoms with Gasteiger partial charge in [0.25, 0.3) is 0 Å². The highest BCUT2D eigenvalue weighted by molar-refractivity contribution is 9.10. The quantitative estimate of drug-likeness (QED) is 0.858. The van der Waals surface area contributed by atoms with Crippen molar-refractivity contribution in [2.75, 3.05) is 20.2 Å². The minimum atomic E-state index is 0.359. The summed E-state index contributed by atoms with van der Waals surface area (Å²) in [6.45, 7) is 1.89. The fraction of sp³-hybridized carbons (Fsp3) is 0.294. The number of hydrogen-bond acceptors (Lipinski definition) is 2. The summed E-state index contributed by atoms with van der Waals surface area (Å²) in [7, 11) is 1.71. The summed E-state index contributed by atoms with van der Waals surface area (Å²) < 4.78 is 6.69. The van der Waals surface area contributed by atoms with Crippen LogP contribution in [0.1, 0.15) is 23.0 Å². The monoisotopic (exact) mass is 365 g/mol. The van der Waals surface area contributed by atoms with Gasteiger partial charge in [-0.25, -0.2) is 0 Å². The first kappa shape index (κ1) is 14.9. The fourth-order valence-electron chi connectivity index (χ4n) is 3.10. The molecule has 110 valence electrons. The van der Waals surface area contributed by atoms with Gasteiger partial charge in [-0.2, -0.15) is 0 Å². The van der Waals surface area contributed by atoms with Gasteiger partial charge in [-0.1, -0.05) is 45.7 Å². The molecular weight excluding hydrogens is 350 g/mol. The predicted molar refractivity (Wildman–Crippen MR) is 90.5 cm³/mol. The SMILES string of the molecule is COc1ccc(Cl)cc1[C@H]1CNC[C@@H]1c1ccccc1Br. The standard InChI is InChI=1S/C17H17BrClNO/c1-21-17-7-6-11(19)8-13(17)15-10-20-9-14(15)12-4-2-3-5-16(12)18/h2-8,14-15,20H,9-10H2,1H3/t14-,15-/m1/s1. The molecule has 1 heterocycles. The van der Waals surface area contributed by atoms with Crippen LogP contribution in [0.2, 0.25) is 5.02 Å². The van der Waals surface area contributed by atoms with Gasteiger partial charge in [-0.3, -0.25) is 0 Å². The Bertz CT molecular complexity index is 646. The van der Waals surface area contributed by atoms with Crippen LogP contribution in [0.25, 0.3) is 0 Å². The first-order valence-corrected chi connectivity index (χ1v) is 8.16. The second-order valence-corrected chi connectivity index (χ2v) is 6.57. The Kier molecular flexibility index (Phi) is 4.53. The van der Waals surface area contributed by atoms with Crippen LogP contribution in [-0.4, -0.2) is 20.2 Å². The number of benzene rings is 2. The van der Waals surface area contributed by atoms with Gasteiger partial charge in [0.1, 0.15) is 5.75 Å². The first-order chi connectivity index (χ1) is 10.2. The van der Waals surface area contributed by atoms with Crippen LogP contribution in [-0.2, 0) is 0 Å². The molecule has 1 saturated heterocycles. The molecule has 0 amide bonds. The van der Waals surface area contributed by atoms with E-state index in [4.69, 9.17) is 16.3 Å². The van der Waals surface area contributed by atoms with E-state index in [1.165, 1.54) is 11.1 Å². The lowest BCUT2D eigenvalue weighted by Crippen LogP contribution is -2.11. The molecule has 1 fully saturated rings. The van der Waals surface area contributed by atoms with E-state index in [0.717, 1.165) is 28.3 Å². The molecule has 0 aliphatic carbocycles. The van der Waals surface area contributed by atoms with Crippen molar-refractivity contribution >= 4 is 27.5 Å². The maximum atomic E-state index is 6.19. The van der Waals surface area contributed by atoms with Crippen molar-refractivity contribution < 1.29 is 4.74 Å². The topological polar surface area (TPSA) is 21.3 Å². The average molecular weight is 367 g/mol. The van der Waals surface area contributed by atoms with Crippen molar-refractivity contribution in [3.8, 4) is 5.75 Å². The molecule has 2 atom stereocenters. The third-order valence-electron chi connectivity index (χ3n) is 4.11. The van der Waals surface area contributed by atoms with Gasteiger partial charge in [0.2, 0.25) is 0 Å². The van der Waals surface area contributed by atoms with Crippen LogP contribution in [0.4, 0.5) is 0 Å².